The molecule has 2 aromatic heterocycles. The van der Waals surface area contributed by atoms with Gasteiger partial charge < -0.3 is 4.98 Å². The number of nitrogens with zero attached hydrogens (tertiary/aromatic N) is 1. The van der Waals surface area contributed by atoms with Crippen molar-refractivity contribution in [2.24, 2.45) is 0 Å². The van der Waals surface area contributed by atoms with E-state index in [1.165, 1.54) is 25.7 Å². The van der Waals surface area contributed by atoms with E-state index in [-0.39, 0.29) is 5.78 Å². The smallest absolute Gasteiger partial charge is 0.165 e. The zero-order valence-corrected chi connectivity index (χ0v) is 11.6. The normalized spacial score (nSPS) is 11.0. The summed E-state index contributed by atoms with van der Waals surface area (Å²) in [5.41, 5.74) is 1.78. The van der Waals surface area contributed by atoms with Crippen molar-refractivity contribution < 1.29 is 4.79 Å². The van der Waals surface area contributed by atoms with Gasteiger partial charge in [-0.15, -0.1) is 0 Å². The Bertz CT molecular complexity index is 530. The van der Waals surface area contributed by atoms with Crippen molar-refractivity contribution in [3.63, 3.8) is 0 Å². The van der Waals surface area contributed by atoms with Crippen molar-refractivity contribution in [3.05, 3.63) is 30.2 Å². The molecule has 0 unspecified atom stereocenters. The van der Waals surface area contributed by atoms with E-state index in [0.717, 1.165) is 29.3 Å². The average Bonchev–Trinajstić information content (AvgIpc) is 2.86. The predicted octanol–water partition coefficient (Wildman–Crippen LogP) is 4.50. The number of pyridine rings is 1. The number of unbranched alkanes of at least 4 members (excludes halogenated alkanes) is 5. The van der Waals surface area contributed by atoms with Crippen LogP contribution < -0.4 is 0 Å². The maximum Gasteiger partial charge on any atom is 0.165 e. The summed E-state index contributed by atoms with van der Waals surface area (Å²) in [5.74, 6) is 0.231. The van der Waals surface area contributed by atoms with Crippen LogP contribution in [0.3, 0.4) is 0 Å². The highest BCUT2D eigenvalue weighted by atomic mass is 16.1. The molecule has 0 fully saturated rings. The minimum atomic E-state index is 0.231. The van der Waals surface area contributed by atoms with E-state index >= 15 is 0 Å². The van der Waals surface area contributed by atoms with Gasteiger partial charge in [0.25, 0.3) is 0 Å². The van der Waals surface area contributed by atoms with Crippen LogP contribution in [0.4, 0.5) is 0 Å². The van der Waals surface area contributed by atoms with Crippen LogP contribution in [0.2, 0.25) is 0 Å². The molecule has 0 aliphatic rings. The van der Waals surface area contributed by atoms with Crippen LogP contribution in [-0.2, 0) is 0 Å². The van der Waals surface area contributed by atoms with Gasteiger partial charge in [0.15, 0.2) is 5.78 Å². The number of rotatable bonds is 8. The summed E-state index contributed by atoms with van der Waals surface area (Å²) in [5, 5.41) is 0.943. The Labute approximate surface area is 114 Å². The highest BCUT2D eigenvalue weighted by Gasteiger charge is 2.11. The molecular weight excluding hydrogens is 236 g/mol. The Hall–Kier alpha value is -1.64. The summed E-state index contributed by atoms with van der Waals surface area (Å²) in [4.78, 5) is 19.4. The lowest BCUT2D eigenvalue weighted by molar-refractivity contribution is 0.0980. The van der Waals surface area contributed by atoms with Crippen molar-refractivity contribution in [3.8, 4) is 0 Å². The lowest BCUT2D eigenvalue weighted by atomic mass is 10.0. The molecule has 102 valence electrons. The van der Waals surface area contributed by atoms with E-state index in [0.29, 0.717) is 6.42 Å². The molecule has 0 radical (unpaired) electrons. The van der Waals surface area contributed by atoms with E-state index < -0.39 is 0 Å². The number of carbonyl (C=O) groups is 1. The number of ketones is 1. The molecular formula is C16H22N2O. The van der Waals surface area contributed by atoms with E-state index in [4.69, 9.17) is 0 Å². The number of aromatic amines is 1. The average molecular weight is 258 g/mol. The fourth-order valence-electron chi connectivity index (χ4n) is 2.39. The second-order valence-electron chi connectivity index (χ2n) is 5.06. The highest BCUT2D eigenvalue weighted by molar-refractivity contribution is 6.07. The van der Waals surface area contributed by atoms with Crippen LogP contribution in [0, 0.1) is 0 Å². The van der Waals surface area contributed by atoms with Crippen LogP contribution in [0.15, 0.2) is 24.7 Å². The lowest BCUT2D eigenvalue weighted by Crippen LogP contribution is -1.97. The molecule has 19 heavy (non-hydrogen) atoms. The first-order valence-corrected chi connectivity index (χ1v) is 7.27. The zero-order valence-electron chi connectivity index (χ0n) is 11.6. The molecule has 0 saturated heterocycles. The summed E-state index contributed by atoms with van der Waals surface area (Å²) < 4.78 is 0. The van der Waals surface area contributed by atoms with E-state index in [2.05, 4.69) is 16.9 Å². The summed E-state index contributed by atoms with van der Waals surface area (Å²) in [6.07, 6.45) is 13.2. The van der Waals surface area contributed by atoms with Gasteiger partial charge in [0.05, 0.1) is 0 Å². The van der Waals surface area contributed by atoms with Crippen LogP contribution in [-0.4, -0.2) is 15.8 Å². The highest BCUT2D eigenvalue weighted by Crippen LogP contribution is 2.19. The van der Waals surface area contributed by atoms with Crippen molar-refractivity contribution in [2.75, 3.05) is 0 Å². The number of Topliss-reactive ketones (excluding diaryl/α,β-unsaturated/α-hetero) is 1. The molecule has 2 rings (SSSR count). The molecule has 1 N–H and O–H groups in total. The Morgan fingerprint density at radius 2 is 2.00 bits per heavy atom. The van der Waals surface area contributed by atoms with Gasteiger partial charge >= 0.3 is 0 Å². The van der Waals surface area contributed by atoms with Gasteiger partial charge in [-0.3, -0.25) is 9.78 Å². The van der Waals surface area contributed by atoms with Crippen molar-refractivity contribution in [1.29, 1.82) is 0 Å². The van der Waals surface area contributed by atoms with Gasteiger partial charge in [0.2, 0.25) is 0 Å². The van der Waals surface area contributed by atoms with Gasteiger partial charge in [-0.1, -0.05) is 39.0 Å². The van der Waals surface area contributed by atoms with Crippen LogP contribution in [0.25, 0.3) is 10.9 Å². The summed E-state index contributed by atoms with van der Waals surface area (Å²) in [7, 11) is 0. The lowest BCUT2D eigenvalue weighted by Gasteiger charge is -2.00. The summed E-state index contributed by atoms with van der Waals surface area (Å²) >= 11 is 0. The largest absolute Gasteiger partial charge is 0.360 e. The first kappa shape index (κ1) is 13.8. The molecule has 0 bridgehead atoms. The monoisotopic (exact) mass is 258 g/mol. The molecule has 3 nitrogen and oxygen atoms in total. The third kappa shape index (κ3) is 3.66. The van der Waals surface area contributed by atoms with Gasteiger partial charge in [-0.05, 0) is 12.5 Å². The molecule has 0 atom stereocenters. The third-order valence-corrected chi connectivity index (χ3v) is 3.54. The number of aromatic nitrogens is 2. The predicted molar refractivity (Wildman–Crippen MR) is 78.4 cm³/mol. The standard InChI is InChI=1S/C16H22N2O/c1-2-3-4-5-6-7-8-16(19)14-12-18-15-9-10-17-11-13(14)15/h9-12,18H,2-8H2,1H3. The fraction of sp³-hybridized carbons (Fsp3) is 0.500. The van der Waals surface area contributed by atoms with Gasteiger partial charge in [0.1, 0.15) is 0 Å². The number of H-pyrrole nitrogens is 1. The van der Waals surface area contributed by atoms with Crippen molar-refractivity contribution in [2.45, 2.75) is 51.9 Å². The van der Waals surface area contributed by atoms with Crippen molar-refractivity contribution >= 4 is 16.7 Å². The second kappa shape index (κ2) is 7.07. The molecule has 2 heterocycles. The molecule has 0 aliphatic heterocycles. The second-order valence-corrected chi connectivity index (χ2v) is 5.06. The fourth-order valence-corrected chi connectivity index (χ4v) is 2.39. The number of carbonyl (C=O) groups excluding carboxylic acids is 1. The number of fused-ring (bicyclic) bond motifs is 1. The Morgan fingerprint density at radius 1 is 1.21 bits per heavy atom. The first-order chi connectivity index (χ1) is 9.33. The Balaban J connectivity index is 1.83. The third-order valence-electron chi connectivity index (χ3n) is 3.54. The van der Waals surface area contributed by atoms with E-state index in [9.17, 15) is 4.79 Å². The van der Waals surface area contributed by atoms with E-state index in [1.807, 2.05) is 12.3 Å². The molecule has 0 saturated carbocycles. The van der Waals surface area contributed by atoms with Crippen LogP contribution >= 0.6 is 0 Å². The molecule has 0 aromatic carbocycles. The SMILES string of the molecule is CCCCCCCCC(=O)c1c[nH]c2ccncc12. The topological polar surface area (TPSA) is 45.8 Å². The molecule has 0 aliphatic carbocycles. The molecule has 3 heteroatoms. The first-order valence-electron chi connectivity index (χ1n) is 7.27. The van der Waals surface area contributed by atoms with Crippen molar-refractivity contribution in [1.82, 2.24) is 9.97 Å². The minimum absolute atomic E-state index is 0.231. The maximum atomic E-state index is 12.2. The number of hydrogen-bond donors (Lipinski definition) is 1. The Kier molecular flexibility index (Phi) is 5.13. The number of nitrogens with one attached hydrogen (secondary N) is 1. The number of hydrogen-bond acceptors (Lipinski definition) is 2. The molecule has 2 aromatic rings. The molecule has 0 amide bonds. The zero-order chi connectivity index (χ0) is 13.5. The van der Waals surface area contributed by atoms with Gasteiger partial charge in [-0.25, -0.2) is 0 Å². The summed E-state index contributed by atoms with van der Waals surface area (Å²) in [6, 6.07) is 1.90. The van der Waals surface area contributed by atoms with Gasteiger partial charge in [0, 0.05) is 41.5 Å². The molecule has 0 spiro atoms. The maximum absolute atomic E-state index is 12.2. The summed E-state index contributed by atoms with van der Waals surface area (Å²) in [6.45, 7) is 2.22. The quantitative estimate of drug-likeness (QED) is 0.560. The minimum Gasteiger partial charge on any atom is -0.360 e. The van der Waals surface area contributed by atoms with E-state index in [1.54, 1.807) is 12.4 Å². The van der Waals surface area contributed by atoms with Gasteiger partial charge in [-0.2, -0.15) is 0 Å². The van der Waals surface area contributed by atoms with Crippen LogP contribution in [0.5, 0.6) is 0 Å². The van der Waals surface area contributed by atoms with Crippen LogP contribution in [0.1, 0.15) is 62.2 Å². The Morgan fingerprint density at radius 3 is 2.84 bits per heavy atom.